The summed E-state index contributed by atoms with van der Waals surface area (Å²) in [4.78, 5) is 0. The SMILES string of the molecule is CC(C)n1nc2c(c1C(F)F)C1CC1C2O. The highest BCUT2D eigenvalue weighted by Crippen LogP contribution is 2.63. The standard InChI is InChI=1S/C11H14F2N2O/c1-4(2)15-9(11(12)13)7-5-3-6(5)10(16)8(7)14-15/h4-6,10-11,16H,3H2,1-2H3. The maximum Gasteiger partial charge on any atom is 0.280 e. The third kappa shape index (κ3) is 1.12. The molecule has 2 aliphatic rings. The molecule has 1 N–H and O–H groups in total. The third-order valence-corrected chi connectivity index (χ3v) is 3.61. The molecule has 3 atom stereocenters. The molecular formula is C11H14F2N2O. The smallest absolute Gasteiger partial charge is 0.280 e. The van der Waals surface area contributed by atoms with Gasteiger partial charge in [0.1, 0.15) is 11.8 Å². The van der Waals surface area contributed by atoms with Gasteiger partial charge in [-0.05, 0) is 32.1 Å². The van der Waals surface area contributed by atoms with Gasteiger partial charge >= 0.3 is 0 Å². The van der Waals surface area contributed by atoms with E-state index < -0.39 is 12.5 Å². The first-order chi connectivity index (χ1) is 7.52. The molecule has 0 bridgehead atoms. The minimum atomic E-state index is -2.51. The highest BCUT2D eigenvalue weighted by molar-refractivity contribution is 5.44. The number of nitrogens with zero attached hydrogens (tertiary/aromatic N) is 2. The Balaban J connectivity index is 2.17. The van der Waals surface area contributed by atoms with Gasteiger partial charge in [0.2, 0.25) is 0 Å². The summed E-state index contributed by atoms with van der Waals surface area (Å²) in [6.07, 6.45) is -2.31. The Morgan fingerprint density at radius 3 is 2.69 bits per heavy atom. The van der Waals surface area contributed by atoms with Gasteiger partial charge in [0.15, 0.2) is 0 Å². The van der Waals surface area contributed by atoms with Gasteiger partial charge in [0, 0.05) is 11.6 Å². The minimum absolute atomic E-state index is 0.0223. The van der Waals surface area contributed by atoms with Crippen LogP contribution in [0.2, 0.25) is 0 Å². The zero-order valence-electron chi connectivity index (χ0n) is 9.19. The molecule has 16 heavy (non-hydrogen) atoms. The Morgan fingerprint density at radius 1 is 1.44 bits per heavy atom. The Hall–Kier alpha value is -0.970. The minimum Gasteiger partial charge on any atom is -0.386 e. The summed E-state index contributed by atoms with van der Waals surface area (Å²) in [5.74, 6) is 0.276. The lowest BCUT2D eigenvalue weighted by Crippen LogP contribution is -2.10. The predicted octanol–water partition coefficient (Wildman–Crippen LogP) is 2.55. The van der Waals surface area contributed by atoms with Crippen molar-refractivity contribution < 1.29 is 13.9 Å². The van der Waals surface area contributed by atoms with Crippen molar-refractivity contribution >= 4 is 0 Å². The van der Waals surface area contributed by atoms with Gasteiger partial charge in [-0.3, -0.25) is 4.68 Å². The molecule has 88 valence electrons. The van der Waals surface area contributed by atoms with E-state index in [1.54, 1.807) is 0 Å². The molecular weight excluding hydrogens is 214 g/mol. The number of alkyl halides is 2. The Bertz CT molecular complexity index is 441. The largest absolute Gasteiger partial charge is 0.386 e. The lowest BCUT2D eigenvalue weighted by molar-refractivity contribution is 0.134. The molecule has 2 aliphatic carbocycles. The number of aliphatic hydroxyl groups is 1. The summed E-state index contributed by atoms with van der Waals surface area (Å²) < 4.78 is 27.5. The first-order valence-corrected chi connectivity index (χ1v) is 5.60. The van der Waals surface area contributed by atoms with Gasteiger partial charge in [0.25, 0.3) is 6.43 Å². The lowest BCUT2D eigenvalue weighted by atomic mass is 10.1. The van der Waals surface area contributed by atoms with Gasteiger partial charge in [-0.25, -0.2) is 8.78 Å². The van der Waals surface area contributed by atoms with Gasteiger partial charge in [-0.1, -0.05) is 0 Å². The highest BCUT2D eigenvalue weighted by Gasteiger charge is 2.55. The molecule has 5 heteroatoms. The summed E-state index contributed by atoms with van der Waals surface area (Å²) >= 11 is 0. The first-order valence-electron chi connectivity index (χ1n) is 5.60. The number of aliphatic hydroxyl groups excluding tert-OH is 1. The molecule has 1 heterocycles. The van der Waals surface area contributed by atoms with Crippen LogP contribution in [0.25, 0.3) is 0 Å². The van der Waals surface area contributed by atoms with Crippen molar-refractivity contribution in [3.8, 4) is 0 Å². The van der Waals surface area contributed by atoms with Crippen LogP contribution in [0.1, 0.15) is 61.7 Å². The van der Waals surface area contributed by atoms with Crippen molar-refractivity contribution in [1.82, 2.24) is 9.78 Å². The van der Waals surface area contributed by atoms with Crippen molar-refractivity contribution in [3.63, 3.8) is 0 Å². The van der Waals surface area contributed by atoms with Crippen LogP contribution in [-0.2, 0) is 0 Å². The second kappa shape index (κ2) is 3.03. The van der Waals surface area contributed by atoms with E-state index in [4.69, 9.17) is 0 Å². The molecule has 1 aromatic rings. The molecule has 3 rings (SSSR count). The van der Waals surface area contributed by atoms with Gasteiger partial charge in [-0.15, -0.1) is 0 Å². The number of hydrogen-bond acceptors (Lipinski definition) is 2. The Kier molecular flexibility index (Phi) is 1.93. The number of aromatic nitrogens is 2. The van der Waals surface area contributed by atoms with Gasteiger partial charge < -0.3 is 5.11 Å². The Morgan fingerprint density at radius 2 is 2.12 bits per heavy atom. The third-order valence-electron chi connectivity index (χ3n) is 3.61. The summed E-state index contributed by atoms with van der Waals surface area (Å²) in [5.41, 5.74) is 1.14. The number of halogens is 2. The summed E-state index contributed by atoms with van der Waals surface area (Å²) in [5, 5.41) is 14.0. The maximum atomic E-state index is 13.1. The van der Waals surface area contributed by atoms with Crippen molar-refractivity contribution in [1.29, 1.82) is 0 Å². The number of fused-ring (bicyclic) bond motifs is 3. The van der Waals surface area contributed by atoms with Crippen LogP contribution in [-0.4, -0.2) is 14.9 Å². The van der Waals surface area contributed by atoms with Crippen LogP contribution >= 0.6 is 0 Å². The van der Waals surface area contributed by atoms with Crippen LogP contribution in [0.15, 0.2) is 0 Å². The molecule has 0 saturated heterocycles. The van der Waals surface area contributed by atoms with Crippen LogP contribution in [0, 0.1) is 5.92 Å². The molecule has 1 saturated carbocycles. The fraction of sp³-hybridized carbons (Fsp3) is 0.727. The van der Waals surface area contributed by atoms with Crippen LogP contribution in [0.3, 0.4) is 0 Å². The van der Waals surface area contributed by atoms with E-state index in [0.717, 1.165) is 6.42 Å². The molecule has 0 radical (unpaired) electrons. The van der Waals surface area contributed by atoms with E-state index in [2.05, 4.69) is 5.10 Å². The van der Waals surface area contributed by atoms with E-state index in [9.17, 15) is 13.9 Å². The van der Waals surface area contributed by atoms with Gasteiger partial charge in [-0.2, -0.15) is 5.10 Å². The first kappa shape index (κ1) is 10.2. The topological polar surface area (TPSA) is 38.0 Å². The summed E-state index contributed by atoms with van der Waals surface area (Å²) in [6.45, 7) is 3.65. The molecule has 0 spiro atoms. The second-order valence-corrected chi connectivity index (χ2v) is 4.97. The van der Waals surface area contributed by atoms with E-state index in [0.29, 0.717) is 11.3 Å². The number of rotatable bonds is 2. The molecule has 1 fully saturated rings. The van der Waals surface area contributed by atoms with Crippen molar-refractivity contribution in [2.45, 2.75) is 44.8 Å². The Labute approximate surface area is 92.1 Å². The fourth-order valence-electron chi connectivity index (χ4n) is 2.79. The van der Waals surface area contributed by atoms with E-state index in [1.165, 1.54) is 4.68 Å². The molecule has 0 amide bonds. The molecule has 0 aromatic carbocycles. The van der Waals surface area contributed by atoms with Crippen LogP contribution < -0.4 is 0 Å². The summed E-state index contributed by atoms with van der Waals surface area (Å²) in [6, 6.07) is -0.0981. The normalized spacial score (nSPS) is 31.1. The molecule has 1 aromatic heterocycles. The fourth-order valence-corrected chi connectivity index (χ4v) is 2.79. The molecule has 0 aliphatic heterocycles. The summed E-state index contributed by atoms with van der Waals surface area (Å²) in [7, 11) is 0. The average Bonchev–Trinajstić information content (AvgIpc) is 2.79. The van der Waals surface area contributed by atoms with E-state index in [1.807, 2.05) is 13.8 Å². The maximum absolute atomic E-state index is 13.1. The average molecular weight is 228 g/mol. The predicted molar refractivity (Wildman–Crippen MR) is 53.4 cm³/mol. The second-order valence-electron chi connectivity index (χ2n) is 4.97. The highest BCUT2D eigenvalue weighted by atomic mass is 19.3. The van der Waals surface area contributed by atoms with Gasteiger partial charge in [0.05, 0.1) is 5.69 Å². The van der Waals surface area contributed by atoms with Crippen molar-refractivity contribution in [2.24, 2.45) is 5.92 Å². The van der Waals surface area contributed by atoms with Crippen LogP contribution in [0.5, 0.6) is 0 Å². The molecule has 3 unspecified atom stereocenters. The molecule has 3 nitrogen and oxygen atoms in total. The van der Waals surface area contributed by atoms with E-state index in [-0.39, 0.29) is 23.6 Å². The van der Waals surface area contributed by atoms with Crippen molar-refractivity contribution in [2.75, 3.05) is 0 Å². The van der Waals surface area contributed by atoms with Crippen LogP contribution in [0.4, 0.5) is 8.78 Å². The monoisotopic (exact) mass is 228 g/mol. The van der Waals surface area contributed by atoms with E-state index >= 15 is 0 Å². The zero-order valence-corrected chi connectivity index (χ0v) is 9.19. The lowest BCUT2D eigenvalue weighted by Gasteiger charge is -2.11. The zero-order chi connectivity index (χ0) is 11.6. The van der Waals surface area contributed by atoms with Crippen molar-refractivity contribution in [3.05, 3.63) is 17.0 Å². The quantitative estimate of drug-likeness (QED) is 0.844. The number of hydrogen-bond donors (Lipinski definition) is 1.